The van der Waals surface area contributed by atoms with Gasteiger partial charge in [-0.25, -0.2) is 0 Å². The molecule has 0 aromatic heterocycles. The van der Waals surface area contributed by atoms with Crippen LogP contribution in [0.3, 0.4) is 0 Å². The molecule has 0 atom stereocenters. The number of aryl methyl sites for hydroxylation is 1. The first-order valence-corrected chi connectivity index (χ1v) is 15.2. The van der Waals surface area contributed by atoms with E-state index in [1.165, 1.54) is 12.1 Å². The van der Waals surface area contributed by atoms with E-state index in [4.69, 9.17) is 32.1 Å². The summed E-state index contributed by atoms with van der Waals surface area (Å²) in [5.41, 5.74) is 2.12. The number of hydrogen-bond donors (Lipinski definition) is 0. The first kappa shape index (κ1) is 28.8. The van der Waals surface area contributed by atoms with Crippen LogP contribution in [-0.2, 0) is 21.5 Å². The fraction of sp³-hybridized carbons (Fsp3) is 0.154. The number of nitrogens with zero attached hydrogens (tertiary/aromatic N) is 1. The van der Waals surface area contributed by atoms with Crippen LogP contribution in [0, 0.1) is 10.5 Å². The van der Waals surface area contributed by atoms with Gasteiger partial charge in [0.25, 0.3) is 11.1 Å². The van der Waals surface area contributed by atoms with Crippen molar-refractivity contribution in [3.8, 4) is 11.5 Å². The molecule has 4 rings (SSSR count). The van der Waals surface area contributed by atoms with Crippen LogP contribution < -0.4 is 8.92 Å². The van der Waals surface area contributed by atoms with Crippen molar-refractivity contribution in [3.05, 3.63) is 89.8 Å². The van der Waals surface area contributed by atoms with Gasteiger partial charge in [-0.2, -0.15) is 8.42 Å². The fourth-order valence-electron chi connectivity index (χ4n) is 3.49. The van der Waals surface area contributed by atoms with Crippen molar-refractivity contribution in [3.63, 3.8) is 0 Å². The van der Waals surface area contributed by atoms with Crippen LogP contribution in [-0.4, -0.2) is 31.1 Å². The molecule has 1 fully saturated rings. The molecule has 0 unspecified atom stereocenters. The number of carbonyl (C=O) groups excluding carboxylic acids is 2. The number of thioether (sulfide) groups is 1. The second-order valence-electron chi connectivity index (χ2n) is 8.13. The molecule has 1 heterocycles. The van der Waals surface area contributed by atoms with Gasteiger partial charge in [0.15, 0.2) is 11.5 Å². The van der Waals surface area contributed by atoms with Gasteiger partial charge >= 0.3 is 10.1 Å². The molecule has 0 aliphatic carbocycles. The summed E-state index contributed by atoms with van der Waals surface area (Å²) in [6.45, 7) is 3.91. The van der Waals surface area contributed by atoms with Crippen LogP contribution in [0.25, 0.3) is 6.08 Å². The van der Waals surface area contributed by atoms with Gasteiger partial charge in [-0.15, -0.1) is 0 Å². The highest BCUT2D eigenvalue weighted by Crippen LogP contribution is 2.39. The molecular formula is C26H20Cl2INO6S2. The van der Waals surface area contributed by atoms with Crippen molar-refractivity contribution in [1.29, 1.82) is 0 Å². The summed E-state index contributed by atoms with van der Waals surface area (Å²) in [5, 5.41) is 0.288. The maximum absolute atomic E-state index is 13.0. The Morgan fingerprint density at radius 3 is 2.39 bits per heavy atom. The number of rotatable bonds is 8. The third kappa shape index (κ3) is 6.48. The molecule has 0 radical (unpaired) electrons. The largest absolute Gasteiger partial charge is 0.490 e. The zero-order chi connectivity index (χ0) is 27.6. The van der Waals surface area contributed by atoms with Crippen LogP contribution in [0.15, 0.2) is 64.4 Å². The highest BCUT2D eigenvalue weighted by molar-refractivity contribution is 14.1. The predicted octanol–water partition coefficient (Wildman–Crippen LogP) is 7.31. The monoisotopic (exact) mass is 703 g/mol. The lowest BCUT2D eigenvalue weighted by Crippen LogP contribution is -2.27. The highest BCUT2D eigenvalue weighted by atomic mass is 127. The van der Waals surface area contributed by atoms with Crippen molar-refractivity contribution in [2.24, 2.45) is 0 Å². The Morgan fingerprint density at radius 1 is 1.03 bits per heavy atom. The number of hydrogen-bond acceptors (Lipinski definition) is 7. The van der Waals surface area contributed by atoms with E-state index in [0.717, 1.165) is 22.2 Å². The molecule has 38 heavy (non-hydrogen) atoms. The smallest absolute Gasteiger partial charge is 0.339 e. The molecule has 1 aliphatic rings. The number of ether oxygens (including phenoxy) is 1. The van der Waals surface area contributed by atoms with E-state index in [9.17, 15) is 18.0 Å². The molecule has 7 nitrogen and oxygen atoms in total. The zero-order valence-electron chi connectivity index (χ0n) is 20.0. The summed E-state index contributed by atoms with van der Waals surface area (Å²) in [4.78, 5) is 27.0. The van der Waals surface area contributed by atoms with Gasteiger partial charge in [0.2, 0.25) is 0 Å². The van der Waals surface area contributed by atoms with E-state index in [0.29, 0.717) is 24.7 Å². The molecule has 0 saturated carbocycles. The Morgan fingerprint density at radius 2 is 1.74 bits per heavy atom. The highest BCUT2D eigenvalue weighted by Gasteiger charge is 2.35. The lowest BCUT2D eigenvalue weighted by atomic mass is 10.1. The number of amides is 2. The van der Waals surface area contributed by atoms with Gasteiger partial charge < -0.3 is 8.92 Å². The fourth-order valence-corrected chi connectivity index (χ4v) is 6.49. The average molecular weight is 704 g/mol. The molecule has 1 aliphatic heterocycles. The van der Waals surface area contributed by atoms with Crippen molar-refractivity contribution in [1.82, 2.24) is 4.90 Å². The van der Waals surface area contributed by atoms with Crippen LogP contribution in [0.4, 0.5) is 4.79 Å². The van der Waals surface area contributed by atoms with Crippen molar-refractivity contribution in [2.75, 3.05) is 6.61 Å². The quantitative estimate of drug-likeness (QED) is 0.138. The van der Waals surface area contributed by atoms with Gasteiger partial charge in [-0.3, -0.25) is 14.5 Å². The van der Waals surface area contributed by atoms with Crippen LogP contribution in [0.1, 0.15) is 23.6 Å². The van der Waals surface area contributed by atoms with Gasteiger partial charge in [0.05, 0.1) is 31.7 Å². The summed E-state index contributed by atoms with van der Waals surface area (Å²) in [7, 11) is -4.12. The number of benzene rings is 3. The summed E-state index contributed by atoms with van der Waals surface area (Å²) < 4.78 is 37.4. The predicted molar refractivity (Wildman–Crippen MR) is 157 cm³/mol. The zero-order valence-corrected chi connectivity index (χ0v) is 25.3. The van der Waals surface area contributed by atoms with Crippen molar-refractivity contribution >= 4 is 84.9 Å². The molecule has 0 bridgehead atoms. The topological polar surface area (TPSA) is 90.0 Å². The van der Waals surface area contributed by atoms with Crippen LogP contribution in [0.2, 0.25) is 10.0 Å². The van der Waals surface area contributed by atoms with E-state index in [1.54, 1.807) is 55.5 Å². The van der Waals surface area contributed by atoms with Crippen molar-refractivity contribution < 1.29 is 26.9 Å². The number of carbonyl (C=O) groups is 2. The van der Waals surface area contributed by atoms with E-state index in [1.807, 2.05) is 29.5 Å². The van der Waals surface area contributed by atoms with E-state index < -0.39 is 21.3 Å². The lowest BCUT2D eigenvalue weighted by molar-refractivity contribution is -0.123. The van der Waals surface area contributed by atoms with Gasteiger partial charge in [0, 0.05) is 0 Å². The van der Waals surface area contributed by atoms with E-state index in [2.05, 4.69) is 0 Å². The summed E-state index contributed by atoms with van der Waals surface area (Å²) in [6, 6.07) is 14.4. The van der Waals surface area contributed by atoms with Gasteiger partial charge in [-0.05, 0) is 102 Å². The minimum Gasteiger partial charge on any atom is -0.490 e. The molecule has 2 amide bonds. The Balaban J connectivity index is 1.61. The number of halogens is 3. The van der Waals surface area contributed by atoms with Gasteiger partial charge in [0.1, 0.15) is 4.90 Å². The van der Waals surface area contributed by atoms with Crippen LogP contribution in [0.5, 0.6) is 11.5 Å². The lowest BCUT2D eigenvalue weighted by Gasteiger charge is -2.15. The standard InChI is InChI=1S/C26H20Cl2INO6S2/c1-3-35-22-12-17(11-21(29)24(22)36-38(33,34)18-7-4-15(2)5-8-18)13-23-25(31)30(26(32)37-23)14-16-6-9-19(27)20(28)10-16/h4-13H,3,14H2,1-2H3/b23-13-. The third-order valence-electron chi connectivity index (χ3n) is 5.33. The minimum absolute atomic E-state index is 0.0149. The maximum Gasteiger partial charge on any atom is 0.339 e. The molecule has 3 aromatic rings. The first-order valence-electron chi connectivity index (χ1n) is 11.2. The Kier molecular flexibility index (Phi) is 8.98. The molecule has 0 N–H and O–H groups in total. The average Bonchev–Trinajstić information content (AvgIpc) is 3.11. The second kappa shape index (κ2) is 11.9. The molecule has 198 valence electrons. The first-order chi connectivity index (χ1) is 18.0. The Bertz CT molecular complexity index is 1560. The molecule has 3 aromatic carbocycles. The summed E-state index contributed by atoms with van der Waals surface area (Å²) >= 11 is 14.8. The molecular weight excluding hydrogens is 684 g/mol. The SMILES string of the molecule is CCOc1cc(/C=C2\SC(=O)N(Cc3ccc(Cl)c(Cl)c3)C2=O)cc(I)c1OS(=O)(=O)c1ccc(C)cc1. The van der Waals surface area contributed by atoms with E-state index in [-0.39, 0.29) is 34.5 Å². The summed E-state index contributed by atoms with van der Waals surface area (Å²) in [5.74, 6) is -0.226. The molecule has 1 saturated heterocycles. The van der Waals surface area contributed by atoms with Crippen LogP contribution >= 0.6 is 57.6 Å². The maximum atomic E-state index is 13.0. The Labute approximate surface area is 248 Å². The normalized spacial score (nSPS) is 14.9. The van der Waals surface area contributed by atoms with Gasteiger partial charge in [-0.1, -0.05) is 47.0 Å². The third-order valence-corrected chi connectivity index (χ3v) is 9.01. The molecule has 0 spiro atoms. The second-order valence-corrected chi connectivity index (χ2v) is 12.6. The number of imide groups is 1. The summed E-state index contributed by atoms with van der Waals surface area (Å²) in [6.07, 6.45) is 1.56. The molecule has 12 heteroatoms. The van der Waals surface area contributed by atoms with Crippen molar-refractivity contribution in [2.45, 2.75) is 25.3 Å². The minimum atomic E-state index is -4.12. The van der Waals surface area contributed by atoms with E-state index >= 15 is 0 Å². The Hall–Kier alpha value is -2.25.